The molecule has 1 aliphatic heterocycles. The maximum atomic E-state index is 13.3. The molecule has 0 amide bonds. The summed E-state index contributed by atoms with van der Waals surface area (Å²) < 4.78 is 71.3. The molecule has 1 fully saturated rings. The van der Waals surface area contributed by atoms with Gasteiger partial charge in [0.1, 0.15) is 11.6 Å². The van der Waals surface area contributed by atoms with Crippen molar-refractivity contribution < 1.29 is 26.3 Å². The van der Waals surface area contributed by atoms with Crippen molar-refractivity contribution in [1.82, 2.24) is 15.3 Å². The largest absolute Gasteiger partial charge is 0.494 e. The van der Waals surface area contributed by atoms with Gasteiger partial charge in [0.15, 0.2) is 0 Å². The van der Waals surface area contributed by atoms with E-state index in [1.807, 2.05) is 12.1 Å². The van der Waals surface area contributed by atoms with E-state index in [4.69, 9.17) is 4.74 Å². The first-order chi connectivity index (χ1) is 18.0. The van der Waals surface area contributed by atoms with Gasteiger partial charge in [0.25, 0.3) is 0 Å². The van der Waals surface area contributed by atoms with Crippen molar-refractivity contribution in [2.24, 2.45) is 0 Å². The number of nitrogens with one attached hydrogen (secondary N) is 4. The number of ether oxygens (including phenoxy) is 1. The quantitative estimate of drug-likeness (QED) is 0.314. The van der Waals surface area contributed by atoms with Gasteiger partial charge in [0.2, 0.25) is 16.0 Å². The highest BCUT2D eigenvalue weighted by Crippen LogP contribution is 2.34. The van der Waals surface area contributed by atoms with Crippen molar-refractivity contribution in [1.29, 1.82) is 0 Å². The third-order valence-corrected chi connectivity index (χ3v) is 6.24. The summed E-state index contributed by atoms with van der Waals surface area (Å²) >= 11 is 0. The van der Waals surface area contributed by atoms with Crippen LogP contribution in [0.15, 0.2) is 48.7 Å². The number of nitrogens with zero attached hydrogens (tertiary/aromatic N) is 3. The fraction of sp³-hybridized carbons (Fsp3) is 0.333. The van der Waals surface area contributed by atoms with Crippen LogP contribution in [0.5, 0.6) is 5.75 Å². The van der Waals surface area contributed by atoms with Gasteiger partial charge in [0, 0.05) is 49.7 Å². The van der Waals surface area contributed by atoms with Crippen molar-refractivity contribution in [3.05, 3.63) is 54.2 Å². The standard InChI is InChI=1S/C24H28F3N7O3S/c1-37-21-13-17(34-11-9-28-10-12-34)7-8-20(21)31-23-29-15-16(14-24(25,26)27)22(32-23)30-18-5-3-4-6-19(18)33-38(2,35)36/h3-8,13,15,28,33H,9-12,14H2,1-2H3,(H2,29,30,31,32). The van der Waals surface area contributed by atoms with E-state index >= 15 is 0 Å². The van der Waals surface area contributed by atoms with Crippen LogP contribution < -0.4 is 30.3 Å². The van der Waals surface area contributed by atoms with Gasteiger partial charge in [-0.1, -0.05) is 12.1 Å². The van der Waals surface area contributed by atoms with Gasteiger partial charge in [-0.3, -0.25) is 4.72 Å². The Morgan fingerprint density at radius 2 is 1.76 bits per heavy atom. The molecule has 0 unspecified atom stereocenters. The molecule has 0 radical (unpaired) electrons. The van der Waals surface area contributed by atoms with Gasteiger partial charge in [-0.2, -0.15) is 18.2 Å². The molecule has 2 heterocycles. The van der Waals surface area contributed by atoms with Crippen molar-refractivity contribution in [2.75, 3.05) is 59.8 Å². The van der Waals surface area contributed by atoms with Crippen LogP contribution in [0, 0.1) is 0 Å². The molecule has 1 aromatic heterocycles. The van der Waals surface area contributed by atoms with Crippen LogP contribution in [0.25, 0.3) is 0 Å². The number of methoxy groups -OCH3 is 1. The fourth-order valence-electron chi connectivity index (χ4n) is 3.95. The summed E-state index contributed by atoms with van der Waals surface area (Å²) in [6.45, 7) is 3.45. The maximum absolute atomic E-state index is 13.3. The van der Waals surface area contributed by atoms with Gasteiger partial charge in [-0.05, 0) is 24.3 Å². The first kappa shape index (κ1) is 27.3. The summed E-state index contributed by atoms with van der Waals surface area (Å²) in [4.78, 5) is 10.6. The van der Waals surface area contributed by atoms with Crippen molar-refractivity contribution >= 4 is 44.5 Å². The Kier molecular flexibility index (Phi) is 8.11. The molecule has 1 saturated heterocycles. The van der Waals surface area contributed by atoms with Crippen LogP contribution in [-0.4, -0.2) is 64.1 Å². The summed E-state index contributed by atoms with van der Waals surface area (Å²) in [7, 11) is -2.11. The number of aromatic nitrogens is 2. The molecule has 2 aromatic carbocycles. The normalized spacial score (nSPS) is 14.2. The summed E-state index contributed by atoms with van der Waals surface area (Å²) in [5.74, 6) is 0.417. The Hall–Kier alpha value is -3.78. The molecule has 14 heteroatoms. The number of rotatable bonds is 9. The zero-order chi connectivity index (χ0) is 27.3. The lowest BCUT2D eigenvalue weighted by Crippen LogP contribution is -2.43. The van der Waals surface area contributed by atoms with E-state index in [1.165, 1.54) is 19.2 Å². The Morgan fingerprint density at radius 1 is 1.05 bits per heavy atom. The molecule has 4 rings (SSSR count). The van der Waals surface area contributed by atoms with Crippen LogP contribution in [0.4, 0.5) is 47.7 Å². The topological polar surface area (TPSA) is 121 Å². The molecule has 1 aliphatic rings. The monoisotopic (exact) mass is 551 g/mol. The molecule has 4 N–H and O–H groups in total. The predicted molar refractivity (Wildman–Crippen MR) is 141 cm³/mol. The molecule has 10 nitrogen and oxygen atoms in total. The number of halogens is 3. The molecular formula is C24H28F3N7O3S. The second-order valence-corrected chi connectivity index (χ2v) is 10.4. The van der Waals surface area contributed by atoms with Crippen LogP contribution >= 0.6 is 0 Å². The number of piperazine rings is 1. The molecule has 0 bridgehead atoms. The molecular weight excluding hydrogens is 523 g/mol. The van der Waals surface area contributed by atoms with Gasteiger partial charge >= 0.3 is 6.18 Å². The average molecular weight is 552 g/mol. The third kappa shape index (κ3) is 7.38. The SMILES string of the molecule is COc1cc(N2CCNCC2)ccc1Nc1ncc(CC(F)(F)F)c(Nc2ccccc2NS(C)(=O)=O)n1. The number of anilines is 6. The number of alkyl halides is 3. The lowest BCUT2D eigenvalue weighted by atomic mass is 10.2. The number of sulfonamides is 1. The van der Waals surface area contributed by atoms with Gasteiger partial charge in [-0.25, -0.2) is 13.4 Å². The Labute approximate surface area is 218 Å². The lowest BCUT2D eigenvalue weighted by molar-refractivity contribution is -0.127. The second kappa shape index (κ2) is 11.3. The van der Waals surface area contributed by atoms with E-state index in [-0.39, 0.29) is 28.7 Å². The molecule has 38 heavy (non-hydrogen) atoms. The summed E-state index contributed by atoms with van der Waals surface area (Å²) in [5.41, 5.74) is 1.68. The van der Waals surface area contributed by atoms with Gasteiger partial charge in [-0.15, -0.1) is 0 Å². The molecule has 204 valence electrons. The number of benzene rings is 2. The second-order valence-electron chi connectivity index (χ2n) is 8.65. The minimum atomic E-state index is -4.51. The first-order valence-corrected chi connectivity index (χ1v) is 13.6. The van der Waals surface area contributed by atoms with Gasteiger partial charge < -0.3 is 25.6 Å². The molecule has 0 spiro atoms. The smallest absolute Gasteiger partial charge is 0.393 e. The van der Waals surface area contributed by atoms with E-state index in [0.717, 1.165) is 44.3 Å². The number of para-hydroxylation sites is 2. The minimum Gasteiger partial charge on any atom is -0.494 e. The van der Waals surface area contributed by atoms with Crippen molar-refractivity contribution in [3.63, 3.8) is 0 Å². The average Bonchev–Trinajstić information content (AvgIpc) is 2.86. The van der Waals surface area contributed by atoms with Gasteiger partial charge in [0.05, 0.1) is 36.8 Å². The summed E-state index contributed by atoms with van der Waals surface area (Å²) in [6, 6.07) is 11.8. The van der Waals surface area contributed by atoms with E-state index in [0.29, 0.717) is 11.4 Å². The van der Waals surface area contributed by atoms with E-state index in [2.05, 4.69) is 35.5 Å². The van der Waals surface area contributed by atoms with Crippen LogP contribution in [-0.2, 0) is 16.4 Å². The zero-order valence-corrected chi connectivity index (χ0v) is 21.6. The Balaban J connectivity index is 1.65. The Morgan fingerprint density at radius 3 is 2.42 bits per heavy atom. The molecule has 3 aromatic rings. The summed E-state index contributed by atoms with van der Waals surface area (Å²) in [6.07, 6.45) is -3.73. The van der Waals surface area contributed by atoms with E-state index in [1.54, 1.807) is 18.2 Å². The lowest BCUT2D eigenvalue weighted by Gasteiger charge is -2.30. The highest BCUT2D eigenvalue weighted by Gasteiger charge is 2.30. The van der Waals surface area contributed by atoms with Crippen LogP contribution in [0.3, 0.4) is 0 Å². The first-order valence-electron chi connectivity index (χ1n) is 11.7. The predicted octanol–water partition coefficient (Wildman–Crippen LogP) is 3.86. The highest BCUT2D eigenvalue weighted by molar-refractivity contribution is 7.92. The van der Waals surface area contributed by atoms with Crippen LogP contribution in [0.1, 0.15) is 5.56 Å². The van der Waals surface area contributed by atoms with Crippen molar-refractivity contribution in [3.8, 4) is 5.75 Å². The maximum Gasteiger partial charge on any atom is 0.393 e. The minimum absolute atomic E-state index is 0.0280. The zero-order valence-electron chi connectivity index (χ0n) is 20.8. The molecule has 0 saturated carbocycles. The molecule has 0 aliphatic carbocycles. The van der Waals surface area contributed by atoms with Crippen molar-refractivity contribution in [2.45, 2.75) is 12.6 Å². The highest BCUT2D eigenvalue weighted by atomic mass is 32.2. The van der Waals surface area contributed by atoms with E-state index < -0.39 is 22.6 Å². The number of hydrogen-bond acceptors (Lipinski definition) is 9. The number of hydrogen-bond donors (Lipinski definition) is 4. The van der Waals surface area contributed by atoms with Crippen LogP contribution in [0.2, 0.25) is 0 Å². The fourth-order valence-corrected chi connectivity index (χ4v) is 4.53. The van der Waals surface area contributed by atoms with E-state index in [9.17, 15) is 21.6 Å². The molecule has 0 atom stereocenters. The third-order valence-electron chi connectivity index (χ3n) is 5.64. The Bertz CT molecular complexity index is 1380. The summed E-state index contributed by atoms with van der Waals surface area (Å²) in [5, 5.41) is 9.14.